The van der Waals surface area contributed by atoms with Crippen LogP contribution in [0.2, 0.25) is 0 Å². The van der Waals surface area contributed by atoms with Crippen molar-refractivity contribution in [3.8, 4) is 22.5 Å². The van der Waals surface area contributed by atoms with E-state index in [0.29, 0.717) is 5.82 Å². The minimum Gasteiger partial charge on any atom is -0.469 e. The van der Waals surface area contributed by atoms with Crippen LogP contribution in [0.1, 0.15) is 5.76 Å². The van der Waals surface area contributed by atoms with E-state index in [0.717, 1.165) is 28.3 Å². The topological polar surface area (TPSA) is 69.9 Å². The van der Waals surface area contributed by atoms with E-state index in [2.05, 4.69) is 10.1 Å². The van der Waals surface area contributed by atoms with Gasteiger partial charge >= 0.3 is 0 Å². The van der Waals surface area contributed by atoms with E-state index >= 15 is 0 Å². The molecule has 0 bridgehead atoms. The van der Waals surface area contributed by atoms with Gasteiger partial charge < -0.3 is 10.2 Å². The first-order chi connectivity index (χ1) is 9.16. The molecule has 5 heteroatoms. The van der Waals surface area contributed by atoms with Gasteiger partial charge in [0.05, 0.1) is 11.3 Å². The number of nitrogens with two attached hydrogens (primary N) is 1. The van der Waals surface area contributed by atoms with Crippen molar-refractivity contribution in [1.29, 1.82) is 0 Å². The van der Waals surface area contributed by atoms with Crippen LogP contribution >= 0.6 is 0 Å². The number of rotatable bonds is 2. The highest BCUT2D eigenvalue weighted by Crippen LogP contribution is 2.35. The van der Waals surface area contributed by atoms with E-state index in [1.165, 1.54) is 0 Å². The first kappa shape index (κ1) is 11.5. The average Bonchev–Trinajstić information content (AvgIpc) is 2.96. The number of pyridine rings is 1. The molecular weight excluding hydrogens is 240 g/mol. The number of hydrogen-bond acceptors (Lipinski definition) is 4. The number of aromatic nitrogens is 3. The fourth-order valence-electron chi connectivity index (χ4n) is 2.07. The van der Waals surface area contributed by atoms with E-state index < -0.39 is 0 Å². The Morgan fingerprint density at radius 2 is 2.16 bits per heavy atom. The summed E-state index contributed by atoms with van der Waals surface area (Å²) in [5, 5.41) is 4.46. The Bertz CT molecular complexity index is 712. The highest BCUT2D eigenvalue weighted by Gasteiger charge is 2.19. The molecule has 0 fully saturated rings. The van der Waals surface area contributed by atoms with Gasteiger partial charge in [0.2, 0.25) is 0 Å². The Morgan fingerprint density at radius 3 is 2.79 bits per heavy atom. The van der Waals surface area contributed by atoms with Crippen molar-refractivity contribution in [2.45, 2.75) is 6.92 Å². The van der Waals surface area contributed by atoms with Crippen molar-refractivity contribution in [2.24, 2.45) is 7.05 Å². The second-order valence-electron chi connectivity index (χ2n) is 4.39. The van der Waals surface area contributed by atoms with Gasteiger partial charge in [-0.1, -0.05) is 6.07 Å². The van der Waals surface area contributed by atoms with Crippen molar-refractivity contribution >= 4 is 5.82 Å². The molecule has 0 radical (unpaired) electrons. The summed E-state index contributed by atoms with van der Waals surface area (Å²) in [7, 11) is 1.82. The molecule has 0 aliphatic carbocycles. The highest BCUT2D eigenvalue weighted by atomic mass is 16.3. The molecule has 96 valence electrons. The lowest BCUT2D eigenvalue weighted by atomic mass is 10.1. The number of nitrogen functional groups attached to an aromatic ring is 1. The minimum absolute atomic E-state index is 0.590. The van der Waals surface area contributed by atoms with Gasteiger partial charge in [-0.25, -0.2) is 0 Å². The number of nitrogens with zero attached hydrogens (tertiary/aromatic N) is 3. The molecule has 3 aromatic rings. The van der Waals surface area contributed by atoms with Crippen LogP contribution < -0.4 is 5.73 Å². The van der Waals surface area contributed by atoms with Crippen LogP contribution in [0.15, 0.2) is 41.1 Å². The molecule has 19 heavy (non-hydrogen) atoms. The van der Waals surface area contributed by atoms with Gasteiger partial charge in [-0.05, 0) is 25.1 Å². The van der Waals surface area contributed by atoms with Crippen molar-refractivity contribution < 1.29 is 4.42 Å². The number of furan rings is 1. The fraction of sp³-hybridized carbons (Fsp3) is 0.143. The zero-order chi connectivity index (χ0) is 13.4. The number of hydrogen-bond donors (Lipinski definition) is 1. The fourth-order valence-corrected chi connectivity index (χ4v) is 2.07. The molecule has 0 spiro atoms. The van der Waals surface area contributed by atoms with Crippen LogP contribution in [0.4, 0.5) is 5.82 Å². The third-order valence-electron chi connectivity index (χ3n) is 3.02. The van der Waals surface area contributed by atoms with Crippen LogP contribution in [-0.2, 0) is 7.05 Å². The largest absolute Gasteiger partial charge is 0.469 e. The number of anilines is 1. The average molecular weight is 254 g/mol. The lowest BCUT2D eigenvalue weighted by Gasteiger charge is -2.01. The maximum atomic E-state index is 6.11. The van der Waals surface area contributed by atoms with Crippen molar-refractivity contribution in [3.63, 3.8) is 0 Å². The van der Waals surface area contributed by atoms with Gasteiger partial charge in [0.1, 0.15) is 23.5 Å². The van der Waals surface area contributed by atoms with Crippen LogP contribution in [0.5, 0.6) is 0 Å². The zero-order valence-electron chi connectivity index (χ0n) is 10.8. The second-order valence-corrected chi connectivity index (χ2v) is 4.39. The van der Waals surface area contributed by atoms with Crippen LogP contribution in [-0.4, -0.2) is 14.8 Å². The molecule has 0 aromatic carbocycles. The maximum absolute atomic E-state index is 6.11. The summed E-state index contributed by atoms with van der Waals surface area (Å²) < 4.78 is 7.00. The molecule has 0 saturated heterocycles. The predicted molar refractivity (Wildman–Crippen MR) is 73.3 cm³/mol. The second kappa shape index (κ2) is 4.28. The summed E-state index contributed by atoms with van der Waals surface area (Å²) >= 11 is 0. The smallest absolute Gasteiger partial charge is 0.131 e. The molecule has 0 saturated carbocycles. The Labute approximate surface area is 110 Å². The lowest BCUT2D eigenvalue weighted by Crippen LogP contribution is -1.98. The molecule has 0 aliphatic heterocycles. The standard InChI is InChI=1S/C14H14N4O/c1-9-7-10(8-19-9)13-12(14(15)18(2)17-13)11-5-3-4-6-16-11/h3-8H,15H2,1-2H3. The molecule has 3 heterocycles. The molecule has 3 rings (SSSR count). The quantitative estimate of drug-likeness (QED) is 0.763. The van der Waals surface area contributed by atoms with Gasteiger partial charge in [-0.15, -0.1) is 0 Å². The summed E-state index contributed by atoms with van der Waals surface area (Å²) in [5.74, 6) is 1.43. The summed E-state index contributed by atoms with van der Waals surface area (Å²) in [4.78, 5) is 4.35. The van der Waals surface area contributed by atoms with Crippen LogP contribution in [0, 0.1) is 6.92 Å². The minimum atomic E-state index is 0.590. The highest BCUT2D eigenvalue weighted by molar-refractivity contribution is 5.86. The summed E-state index contributed by atoms with van der Waals surface area (Å²) in [6, 6.07) is 7.66. The van der Waals surface area contributed by atoms with Crippen molar-refractivity contribution in [1.82, 2.24) is 14.8 Å². The van der Waals surface area contributed by atoms with Gasteiger partial charge in [-0.2, -0.15) is 5.10 Å². The molecule has 3 aromatic heterocycles. The van der Waals surface area contributed by atoms with E-state index in [9.17, 15) is 0 Å². The molecule has 0 amide bonds. The Morgan fingerprint density at radius 1 is 1.32 bits per heavy atom. The molecule has 5 nitrogen and oxygen atoms in total. The SMILES string of the molecule is Cc1cc(-c2nn(C)c(N)c2-c2ccccn2)co1. The summed E-state index contributed by atoms with van der Waals surface area (Å²) in [6.07, 6.45) is 3.43. The zero-order valence-corrected chi connectivity index (χ0v) is 10.8. The van der Waals surface area contributed by atoms with Gasteiger partial charge in [0, 0.05) is 18.8 Å². The molecule has 2 N–H and O–H groups in total. The summed E-state index contributed by atoms with van der Waals surface area (Å²) in [5.41, 5.74) is 9.45. The Hall–Kier alpha value is -2.56. The molecule has 0 atom stereocenters. The third-order valence-corrected chi connectivity index (χ3v) is 3.02. The van der Waals surface area contributed by atoms with Gasteiger partial charge in [0.15, 0.2) is 0 Å². The summed E-state index contributed by atoms with van der Waals surface area (Å²) in [6.45, 7) is 1.90. The van der Waals surface area contributed by atoms with Crippen LogP contribution in [0.25, 0.3) is 22.5 Å². The van der Waals surface area contributed by atoms with E-state index in [-0.39, 0.29) is 0 Å². The molecular formula is C14H14N4O. The third kappa shape index (κ3) is 1.89. The Kier molecular flexibility index (Phi) is 2.59. The normalized spacial score (nSPS) is 10.8. The predicted octanol–water partition coefficient (Wildman–Crippen LogP) is 2.63. The first-order valence-corrected chi connectivity index (χ1v) is 5.96. The van der Waals surface area contributed by atoms with Gasteiger partial charge in [-0.3, -0.25) is 9.67 Å². The van der Waals surface area contributed by atoms with Gasteiger partial charge in [0.25, 0.3) is 0 Å². The Balaban J connectivity index is 2.24. The van der Waals surface area contributed by atoms with E-state index in [1.807, 2.05) is 38.2 Å². The van der Waals surface area contributed by atoms with Crippen molar-refractivity contribution in [2.75, 3.05) is 5.73 Å². The lowest BCUT2D eigenvalue weighted by molar-refractivity contribution is 0.535. The number of aryl methyl sites for hydroxylation is 2. The molecule has 0 aliphatic rings. The van der Waals surface area contributed by atoms with E-state index in [1.54, 1.807) is 17.1 Å². The first-order valence-electron chi connectivity index (χ1n) is 5.96. The van der Waals surface area contributed by atoms with E-state index in [4.69, 9.17) is 10.2 Å². The maximum Gasteiger partial charge on any atom is 0.131 e. The monoisotopic (exact) mass is 254 g/mol. The van der Waals surface area contributed by atoms with Crippen LogP contribution in [0.3, 0.4) is 0 Å². The molecule has 0 unspecified atom stereocenters. The van der Waals surface area contributed by atoms with Crippen molar-refractivity contribution in [3.05, 3.63) is 42.5 Å².